The van der Waals surface area contributed by atoms with E-state index >= 15 is 0 Å². The van der Waals surface area contributed by atoms with Crippen LogP contribution in [0.2, 0.25) is 0 Å². The van der Waals surface area contributed by atoms with Crippen LogP contribution in [0.4, 0.5) is 5.82 Å². The average Bonchev–Trinajstić information content (AvgIpc) is 2.46. The lowest BCUT2D eigenvalue weighted by Gasteiger charge is -2.30. The minimum Gasteiger partial charge on any atom is -0.481 e. The first-order valence-corrected chi connectivity index (χ1v) is 7.26. The summed E-state index contributed by atoms with van der Waals surface area (Å²) in [6.45, 7) is 0.985. The van der Waals surface area contributed by atoms with E-state index in [1.165, 1.54) is 24.2 Å². The molecule has 1 aliphatic rings. The summed E-state index contributed by atoms with van der Waals surface area (Å²) in [4.78, 5) is 32.5. The van der Waals surface area contributed by atoms with E-state index in [4.69, 9.17) is 10.8 Å². The van der Waals surface area contributed by atoms with Crippen molar-refractivity contribution in [2.75, 3.05) is 24.6 Å². The van der Waals surface area contributed by atoms with Gasteiger partial charge in [0.2, 0.25) is 5.91 Å². The number of amides is 1. The molecule has 0 aromatic carbocycles. The standard InChI is InChI=1S/C12H16N4O3S/c13-10-11(15-4-3-14-10)20-7-9(17)16-5-1-8(2-6-16)12(18)19/h3-4,8H,1-2,5-7H2,(H2,13,14)(H,18,19). The Balaban J connectivity index is 1.82. The van der Waals surface area contributed by atoms with Crippen LogP contribution in [0.25, 0.3) is 0 Å². The van der Waals surface area contributed by atoms with Crippen molar-refractivity contribution >= 4 is 29.5 Å². The summed E-state index contributed by atoms with van der Waals surface area (Å²) in [5.41, 5.74) is 5.65. The predicted octanol–water partition coefficient (Wildman–Crippen LogP) is 0.474. The number of aliphatic carboxylic acids is 1. The number of rotatable bonds is 4. The van der Waals surface area contributed by atoms with Crippen molar-refractivity contribution in [3.8, 4) is 0 Å². The Morgan fingerprint density at radius 2 is 2.00 bits per heavy atom. The summed E-state index contributed by atoms with van der Waals surface area (Å²) in [5.74, 6) is -0.583. The molecule has 2 heterocycles. The number of carboxylic acids is 1. The Kier molecular flexibility index (Phi) is 4.78. The lowest BCUT2D eigenvalue weighted by Crippen LogP contribution is -2.41. The van der Waals surface area contributed by atoms with Crippen molar-refractivity contribution in [2.45, 2.75) is 17.9 Å². The van der Waals surface area contributed by atoms with E-state index in [0.29, 0.717) is 36.8 Å². The van der Waals surface area contributed by atoms with E-state index in [0.717, 1.165) is 0 Å². The predicted molar refractivity (Wildman–Crippen MR) is 74.1 cm³/mol. The molecule has 0 aliphatic carbocycles. The topological polar surface area (TPSA) is 109 Å². The molecule has 0 atom stereocenters. The molecule has 3 N–H and O–H groups in total. The van der Waals surface area contributed by atoms with Gasteiger partial charge < -0.3 is 15.7 Å². The molecule has 1 aromatic rings. The second-order valence-corrected chi connectivity index (χ2v) is 5.49. The maximum absolute atomic E-state index is 12.0. The minimum absolute atomic E-state index is 0.0242. The molecule has 0 unspecified atom stereocenters. The third-order valence-electron chi connectivity index (χ3n) is 3.22. The van der Waals surface area contributed by atoms with E-state index in [-0.39, 0.29) is 17.6 Å². The summed E-state index contributed by atoms with van der Waals surface area (Å²) >= 11 is 1.25. The average molecular weight is 296 g/mol. The van der Waals surface area contributed by atoms with E-state index in [2.05, 4.69) is 9.97 Å². The molecule has 108 valence electrons. The van der Waals surface area contributed by atoms with Crippen LogP contribution in [0.15, 0.2) is 17.4 Å². The number of anilines is 1. The molecule has 0 bridgehead atoms. The number of likely N-dealkylation sites (tertiary alicyclic amines) is 1. The van der Waals surface area contributed by atoms with Crippen molar-refractivity contribution in [1.82, 2.24) is 14.9 Å². The number of carboxylic acid groups (broad SMARTS) is 1. The normalized spacial score (nSPS) is 16.1. The Morgan fingerprint density at radius 3 is 2.60 bits per heavy atom. The van der Waals surface area contributed by atoms with Gasteiger partial charge in [0.1, 0.15) is 5.03 Å². The number of nitrogen functional groups attached to an aromatic ring is 1. The van der Waals surface area contributed by atoms with Crippen molar-refractivity contribution in [1.29, 1.82) is 0 Å². The van der Waals surface area contributed by atoms with Crippen molar-refractivity contribution in [2.24, 2.45) is 5.92 Å². The van der Waals surface area contributed by atoms with Gasteiger partial charge in [-0.3, -0.25) is 9.59 Å². The first kappa shape index (κ1) is 14.6. The summed E-state index contributed by atoms with van der Waals surface area (Å²) in [7, 11) is 0. The fourth-order valence-electron chi connectivity index (χ4n) is 2.04. The lowest BCUT2D eigenvalue weighted by molar-refractivity contribution is -0.145. The number of carbonyl (C=O) groups excluding carboxylic acids is 1. The third kappa shape index (κ3) is 3.60. The van der Waals surface area contributed by atoms with E-state index in [1.807, 2.05) is 0 Å². The van der Waals surface area contributed by atoms with Crippen molar-refractivity contribution in [3.63, 3.8) is 0 Å². The van der Waals surface area contributed by atoms with Crippen LogP contribution in [0.3, 0.4) is 0 Å². The van der Waals surface area contributed by atoms with Gasteiger partial charge in [0.05, 0.1) is 11.7 Å². The first-order chi connectivity index (χ1) is 9.58. The molecule has 1 aliphatic heterocycles. The van der Waals surface area contributed by atoms with Gasteiger partial charge in [-0.2, -0.15) is 0 Å². The highest BCUT2D eigenvalue weighted by molar-refractivity contribution is 8.00. The number of hydrogen-bond acceptors (Lipinski definition) is 6. The minimum atomic E-state index is -0.779. The van der Waals surface area contributed by atoms with Crippen molar-refractivity contribution < 1.29 is 14.7 Å². The van der Waals surface area contributed by atoms with E-state index in [9.17, 15) is 9.59 Å². The van der Waals surface area contributed by atoms with Crippen LogP contribution in [0.5, 0.6) is 0 Å². The quantitative estimate of drug-likeness (QED) is 0.777. The first-order valence-electron chi connectivity index (χ1n) is 6.28. The molecule has 8 heteroatoms. The Labute approximate surface area is 120 Å². The monoisotopic (exact) mass is 296 g/mol. The molecule has 1 aromatic heterocycles. The maximum atomic E-state index is 12.0. The van der Waals surface area contributed by atoms with Crippen LogP contribution >= 0.6 is 11.8 Å². The zero-order valence-corrected chi connectivity index (χ0v) is 11.7. The molecule has 0 spiro atoms. The fraction of sp³-hybridized carbons (Fsp3) is 0.500. The second kappa shape index (κ2) is 6.56. The molecule has 7 nitrogen and oxygen atoms in total. The fourth-order valence-corrected chi connectivity index (χ4v) is 2.82. The SMILES string of the molecule is Nc1nccnc1SCC(=O)N1CCC(C(=O)O)CC1. The van der Waals surface area contributed by atoms with Gasteiger partial charge >= 0.3 is 5.97 Å². The molecule has 2 rings (SSSR count). The zero-order valence-electron chi connectivity index (χ0n) is 10.9. The van der Waals surface area contributed by atoms with Crippen molar-refractivity contribution in [3.05, 3.63) is 12.4 Å². The molecule has 0 radical (unpaired) electrons. The van der Waals surface area contributed by atoms with E-state index in [1.54, 1.807) is 4.90 Å². The number of piperidine rings is 1. The largest absolute Gasteiger partial charge is 0.481 e. The van der Waals surface area contributed by atoms with Crippen LogP contribution in [-0.2, 0) is 9.59 Å². The Morgan fingerprint density at radius 1 is 1.35 bits per heavy atom. The Hall–Kier alpha value is -1.83. The number of carbonyl (C=O) groups is 2. The number of hydrogen-bond donors (Lipinski definition) is 2. The second-order valence-electron chi connectivity index (χ2n) is 4.53. The summed E-state index contributed by atoms with van der Waals surface area (Å²) in [6, 6.07) is 0. The maximum Gasteiger partial charge on any atom is 0.306 e. The number of nitrogens with zero attached hydrogens (tertiary/aromatic N) is 3. The van der Waals surface area contributed by atoms with Crippen LogP contribution in [-0.4, -0.2) is 50.7 Å². The van der Waals surface area contributed by atoms with Gasteiger partial charge in [-0.05, 0) is 12.8 Å². The molecule has 1 saturated heterocycles. The number of nitrogens with two attached hydrogens (primary N) is 1. The smallest absolute Gasteiger partial charge is 0.306 e. The molecule has 0 saturated carbocycles. The van der Waals surface area contributed by atoms with Gasteiger partial charge in [-0.1, -0.05) is 11.8 Å². The highest BCUT2D eigenvalue weighted by Gasteiger charge is 2.26. The highest BCUT2D eigenvalue weighted by Crippen LogP contribution is 2.22. The van der Waals surface area contributed by atoms with Gasteiger partial charge in [0, 0.05) is 25.5 Å². The zero-order chi connectivity index (χ0) is 14.5. The summed E-state index contributed by atoms with van der Waals surface area (Å²) in [6.07, 6.45) is 4.05. The van der Waals surface area contributed by atoms with Gasteiger partial charge in [0.25, 0.3) is 0 Å². The highest BCUT2D eigenvalue weighted by atomic mass is 32.2. The third-order valence-corrected chi connectivity index (χ3v) is 4.20. The van der Waals surface area contributed by atoms with Gasteiger partial charge in [-0.15, -0.1) is 0 Å². The molecule has 1 fully saturated rings. The molecular formula is C12H16N4O3S. The molecule has 1 amide bonds. The number of aromatic nitrogens is 2. The van der Waals surface area contributed by atoms with Crippen LogP contribution < -0.4 is 5.73 Å². The number of thioether (sulfide) groups is 1. The van der Waals surface area contributed by atoms with Crippen LogP contribution in [0.1, 0.15) is 12.8 Å². The summed E-state index contributed by atoms with van der Waals surface area (Å²) in [5, 5.41) is 9.45. The molecule has 20 heavy (non-hydrogen) atoms. The molecular weight excluding hydrogens is 280 g/mol. The van der Waals surface area contributed by atoms with Gasteiger partial charge in [-0.25, -0.2) is 9.97 Å². The Bertz CT molecular complexity index is 503. The van der Waals surface area contributed by atoms with Gasteiger partial charge in [0.15, 0.2) is 5.82 Å². The summed E-state index contributed by atoms with van der Waals surface area (Å²) < 4.78 is 0. The lowest BCUT2D eigenvalue weighted by atomic mass is 9.97. The van der Waals surface area contributed by atoms with Crippen LogP contribution in [0, 0.1) is 5.92 Å². The van der Waals surface area contributed by atoms with E-state index < -0.39 is 5.97 Å².